The third-order valence-electron chi connectivity index (χ3n) is 7.71. The summed E-state index contributed by atoms with van der Waals surface area (Å²) in [6, 6.07) is 19.0. The number of nitrogens with two attached hydrogens (primary N) is 1. The summed E-state index contributed by atoms with van der Waals surface area (Å²) in [6.45, 7) is 7.68. The van der Waals surface area contributed by atoms with Gasteiger partial charge >= 0.3 is 0 Å². The Kier molecular flexibility index (Phi) is 8.12. The number of fused-ring (bicyclic) bond motifs is 3. The molecule has 14 nitrogen and oxygen atoms in total. The minimum Gasteiger partial charge on any atom is -0.399 e. The predicted molar refractivity (Wildman–Crippen MR) is 181 cm³/mol. The van der Waals surface area contributed by atoms with E-state index in [1.54, 1.807) is 24.3 Å². The molecule has 0 bridgehead atoms. The monoisotopic (exact) mass is 684 g/mol. The van der Waals surface area contributed by atoms with Crippen molar-refractivity contribution in [1.82, 2.24) is 15.0 Å². The number of aromatic nitrogens is 3. The van der Waals surface area contributed by atoms with Crippen molar-refractivity contribution in [3.63, 3.8) is 0 Å². The number of azo groups is 2. The summed E-state index contributed by atoms with van der Waals surface area (Å²) in [5, 5.41) is 26.6. The van der Waals surface area contributed by atoms with Gasteiger partial charge in [0.15, 0.2) is 0 Å². The smallest absolute Gasteiger partial charge is 0.295 e. The number of hydrogen-bond acceptors (Lipinski definition) is 11. The van der Waals surface area contributed by atoms with E-state index in [-0.39, 0.29) is 16.3 Å². The second-order valence-electron chi connectivity index (χ2n) is 11.2. The Hall–Kier alpha value is -5.42. The largest absolute Gasteiger partial charge is 0.399 e. The molecule has 0 radical (unpaired) electrons. The molecule has 0 atom stereocenters. The fourth-order valence-corrected chi connectivity index (χ4v) is 6.38. The first-order valence-corrected chi connectivity index (χ1v) is 17.2. The number of nitrogen functional groups attached to an aromatic ring is 1. The van der Waals surface area contributed by atoms with E-state index in [0.29, 0.717) is 40.0 Å². The quantitative estimate of drug-likeness (QED) is 0.0851. The van der Waals surface area contributed by atoms with Crippen LogP contribution in [0.5, 0.6) is 0 Å². The molecule has 0 saturated heterocycles. The van der Waals surface area contributed by atoms with Crippen LogP contribution in [0.2, 0.25) is 0 Å². The van der Waals surface area contributed by atoms with Gasteiger partial charge in [-0.05, 0) is 117 Å². The first kappa shape index (κ1) is 32.5. The van der Waals surface area contributed by atoms with E-state index in [2.05, 4.69) is 30.7 Å². The minimum absolute atomic E-state index is 0.00817. The number of aryl methyl sites for hydroxylation is 4. The van der Waals surface area contributed by atoms with Crippen LogP contribution in [-0.4, -0.2) is 40.9 Å². The summed E-state index contributed by atoms with van der Waals surface area (Å²) in [5.41, 5.74) is 13.9. The number of hydrogen-bond donors (Lipinski definition) is 3. The zero-order chi connectivity index (χ0) is 34.5. The van der Waals surface area contributed by atoms with Gasteiger partial charge in [0.2, 0.25) is 0 Å². The second kappa shape index (κ2) is 12.0. The maximum absolute atomic E-state index is 12.0. The van der Waals surface area contributed by atoms with Crippen LogP contribution in [-0.2, 0) is 20.2 Å². The molecule has 4 N–H and O–H groups in total. The Morgan fingerprint density at radius 2 is 1.19 bits per heavy atom. The molecule has 1 aromatic heterocycles. The number of benzene rings is 5. The van der Waals surface area contributed by atoms with E-state index in [1.807, 2.05) is 52.0 Å². The lowest BCUT2D eigenvalue weighted by atomic mass is 10.1. The fraction of sp³-hybridized carbons (Fsp3) is 0.125. The van der Waals surface area contributed by atoms with Gasteiger partial charge in [0, 0.05) is 16.5 Å². The average molecular weight is 685 g/mol. The van der Waals surface area contributed by atoms with Crippen LogP contribution in [0.4, 0.5) is 28.4 Å². The zero-order valence-corrected chi connectivity index (χ0v) is 27.6. The van der Waals surface area contributed by atoms with E-state index < -0.39 is 30.0 Å². The topological polar surface area (TPSA) is 215 Å². The molecule has 0 spiro atoms. The summed E-state index contributed by atoms with van der Waals surface area (Å²) in [4.78, 5) is -0.120. The van der Waals surface area contributed by atoms with Crippen LogP contribution in [0.3, 0.4) is 0 Å². The normalized spacial score (nSPS) is 12.6. The molecule has 0 saturated carbocycles. The molecule has 0 aliphatic heterocycles. The molecular formula is C32H28N8O6S2. The van der Waals surface area contributed by atoms with Crippen molar-refractivity contribution in [2.75, 3.05) is 5.73 Å². The Balaban J connectivity index is 1.27. The summed E-state index contributed by atoms with van der Waals surface area (Å²) in [6.07, 6.45) is 0. The van der Waals surface area contributed by atoms with Gasteiger partial charge in [-0.3, -0.25) is 9.11 Å². The maximum Gasteiger partial charge on any atom is 0.295 e. The van der Waals surface area contributed by atoms with Gasteiger partial charge in [-0.1, -0.05) is 6.07 Å². The Labute approximate surface area is 275 Å². The van der Waals surface area contributed by atoms with E-state index >= 15 is 0 Å². The fourth-order valence-electron chi connectivity index (χ4n) is 5.04. The van der Waals surface area contributed by atoms with E-state index in [9.17, 15) is 25.9 Å². The van der Waals surface area contributed by atoms with Crippen molar-refractivity contribution >= 4 is 70.5 Å². The molecule has 0 fully saturated rings. The molecule has 5 aromatic carbocycles. The Morgan fingerprint density at radius 3 is 1.77 bits per heavy atom. The number of rotatable bonds is 7. The summed E-state index contributed by atoms with van der Waals surface area (Å²) < 4.78 is 67.1. The first-order valence-electron chi connectivity index (χ1n) is 14.3. The maximum atomic E-state index is 12.0. The molecule has 6 aromatic rings. The van der Waals surface area contributed by atoms with Crippen LogP contribution in [0.1, 0.15) is 22.3 Å². The van der Waals surface area contributed by atoms with Crippen LogP contribution in [0, 0.1) is 27.7 Å². The number of nitrogens with zero attached hydrogens (tertiary/aromatic N) is 7. The Bertz CT molecular complexity index is 2560. The van der Waals surface area contributed by atoms with E-state index in [1.165, 1.54) is 16.9 Å². The zero-order valence-electron chi connectivity index (χ0n) is 26.0. The van der Waals surface area contributed by atoms with Gasteiger partial charge in [0.1, 0.15) is 15.9 Å². The lowest BCUT2D eigenvalue weighted by Gasteiger charge is -2.07. The predicted octanol–water partition coefficient (Wildman–Crippen LogP) is 7.71. The van der Waals surface area contributed by atoms with Crippen molar-refractivity contribution < 1.29 is 25.9 Å². The SMILES string of the molecule is Cc1cc(N=Nc2cc(C)c(N=Nc3ccc(-n4nc5ccc6c(S(=O)(=O)O)cc(S(=O)(=O)O)cc6c5n4)cc3)cc2C)c(C)cc1N. The van der Waals surface area contributed by atoms with Crippen molar-refractivity contribution in [2.24, 2.45) is 20.5 Å². The molecule has 0 aliphatic carbocycles. The highest BCUT2D eigenvalue weighted by Gasteiger charge is 2.22. The third-order valence-corrected chi connectivity index (χ3v) is 9.44. The highest BCUT2D eigenvalue weighted by atomic mass is 32.2. The van der Waals surface area contributed by atoms with Gasteiger partial charge < -0.3 is 5.73 Å². The van der Waals surface area contributed by atoms with Gasteiger partial charge in [0.05, 0.1) is 33.3 Å². The van der Waals surface area contributed by atoms with Crippen molar-refractivity contribution in [3.8, 4) is 5.69 Å². The highest BCUT2D eigenvalue weighted by Crippen LogP contribution is 2.34. The summed E-state index contributed by atoms with van der Waals surface area (Å²) in [5.74, 6) is 0. The molecule has 244 valence electrons. The molecule has 0 amide bonds. The van der Waals surface area contributed by atoms with E-state index in [4.69, 9.17) is 5.73 Å². The molecule has 0 unspecified atom stereocenters. The lowest BCUT2D eigenvalue weighted by molar-refractivity contribution is 0.482. The molecule has 48 heavy (non-hydrogen) atoms. The van der Waals surface area contributed by atoms with Gasteiger partial charge in [-0.2, -0.15) is 42.1 Å². The molecule has 16 heteroatoms. The average Bonchev–Trinajstić information content (AvgIpc) is 3.46. The molecular weight excluding hydrogens is 657 g/mol. The second-order valence-corrected chi connectivity index (χ2v) is 14.0. The summed E-state index contributed by atoms with van der Waals surface area (Å²) >= 11 is 0. The molecule has 6 rings (SSSR count). The number of anilines is 1. The van der Waals surface area contributed by atoms with Crippen molar-refractivity contribution in [1.29, 1.82) is 0 Å². The summed E-state index contributed by atoms with van der Waals surface area (Å²) in [7, 11) is -9.65. The van der Waals surface area contributed by atoms with Crippen molar-refractivity contribution in [2.45, 2.75) is 37.5 Å². The van der Waals surface area contributed by atoms with Gasteiger partial charge in [-0.25, -0.2) is 0 Å². The third kappa shape index (κ3) is 6.41. The molecule has 1 heterocycles. The van der Waals surface area contributed by atoms with Gasteiger partial charge in [0.25, 0.3) is 20.2 Å². The van der Waals surface area contributed by atoms with E-state index in [0.717, 1.165) is 34.0 Å². The first-order chi connectivity index (χ1) is 22.6. The lowest BCUT2D eigenvalue weighted by Crippen LogP contribution is -2.04. The highest BCUT2D eigenvalue weighted by molar-refractivity contribution is 7.86. The van der Waals surface area contributed by atoms with Crippen LogP contribution < -0.4 is 5.73 Å². The molecule has 0 aliphatic rings. The standard InChI is InChI=1S/C32H28N8O6S2/c1-17-12-28(18(2)11-26(17)33)36-37-30-14-19(3)29(13-20(30)4)35-34-21-5-7-22(8-6-21)40-38-27-10-9-24-25(32(27)39-40)15-23(47(41,42)43)16-31(24)48(44,45)46/h5-16H,33H2,1-4H3,(H,41,42,43)(H,44,45,46). The van der Waals surface area contributed by atoms with Gasteiger partial charge in [-0.15, -0.1) is 10.2 Å². The van der Waals surface area contributed by atoms with Crippen LogP contribution in [0.15, 0.2) is 103 Å². The van der Waals surface area contributed by atoms with Crippen molar-refractivity contribution in [3.05, 3.63) is 95.1 Å². The minimum atomic E-state index is -4.84. The van der Waals surface area contributed by atoms with Crippen LogP contribution >= 0.6 is 0 Å². The Morgan fingerprint density at radius 1 is 0.625 bits per heavy atom. The van der Waals surface area contributed by atoms with Crippen LogP contribution in [0.25, 0.3) is 27.5 Å².